The minimum Gasteiger partial charge on any atom is -0.347 e. The van der Waals surface area contributed by atoms with E-state index in [9.17, 15) is 4.79 Å². The Bertz CT molecular complexity index is 404. The molecule has 1 heterocycles. The van der Waals surface area contributed by atoms with Crippen LogP contribution in [0.25, 0.3) is 0 Å². The molecule has 1 aromatic rings. The molecule has 2 rings (SSSR count). The number of thioether (sulfide) groups is 1. The first kappa shape index (κ1) is 13.9. The van der Waals surface area contributed by atoms with Crippen LogP contribution in [0.1, 0.15) is 31.4 Å². The zero-order valence-corrected chi connectivity index (χ0v) is 12.9. The molecule has 1 aromatic carbocycles. The molecule has 18 heavy (non-hydrogen) atoms. The monoisotopic (exact) mass is 327 g/mol. The van der Waals surface area contributed by atoms with Gasteiger partial charge in [-0.1, -0.05) is 46.3 Å². The Labute approximate surface area is 121 Å². The maximum Gasteiger partial charge on any atom is 0.236 e. The van der Waals surface area contributed by atoms with E-state index < -0.39 is 0 Å². The van der Waals surface area contributed by atoms with Crippen molar-refractivity contribution >= 4 is 33.6 Å². The van der Waals surface area contributed by atoms with Crippen molar-refractivity contribution in [1.82, 2.24) is 5.32 Å². The molecule has 1 aliphatic heterocycles. The Hall–Kier alpha value is -0.480. The Balaban J connectivity index is 2.05. The van der Waals surface area contributed by atoms with Gasteiger partial charge in [0.2, 0.25) is 5.91 Å². The zero-order valence-electron chi connectivity index (χ0n) is 10.5. The number of nitrogens with one attached hydrogen (secondary N) is 1. The van der Waals surface area contributed by atoms with Gasteiger partial charge in [-0.15, -0.1) is 11.8 Å². The Morgan fingerprint density at radius 1 is 1.50 bits per heavy atom. The Morgan fingerprint density at radius 2 is 2.22 bits per heavy atom. The molecule has 1 amide bonds. The van der Waals surface area contributed by atoms with Gasteiger partial charge in [-0.2, -0.15) is 0 Å². The van der Waals surface area contributed by atoms with Gasteiger partial charge < -0.3 is 5.32 Å². The largest absolute Gasteiger partial charge is 0.347 e. The van der Waals surface area contributed by atoms with Crippen molar-refractivity contribution < 1.29 is 4.79 Å². The lowest BCUT2D eigenvalue weighted by molar-refractivity contribution is -0.123. The summed E-state index contributed by atoms with van der Waals surface area (Å²) in [6.45, 7) is 2.05. The van der Waals surface area contributed by atoms with Crippen LogP contribution in [0.5, 0.6) is 0 Å². The molecule has 0 radical (unpaired) electrons. The summed E-state index contributed by atoms with van der Waals surface area (Å²) in [5.74, 6) is 1.26. The number of hydrogen-bond donors (Lipinski definition) is 1. The molecule has 0 aromatic heterocycles. The van der Waals surface area contributed by atoms with Crippen LogP contribution < -0.4 is 5.32 Å². The predicted octanol–water partition coefficient (Wildman–Crippen LogP) is 3.52. The Morgan fingerprint density at radius 3 is 2.78 bits per heavy atom. The molecular formula is C14H18BrNOS. The van der Waals surface area contributed by atoms with Crippen LogP contribution in [0.2, 0.25) is 0 Å². The van der Waals surface area contributed by atoms with E-state index in [0.29, 0.717) is 0 Å². The first-order chi connectivity index (χ1) is 8.65. The van der Waals surface area contributed by atoms with Gasteiger partial charge in [-0.05, 0) is 31.1 Å². The van der Waals surface area contributed by atoms with Gasteiger partial charge in [-0.25, -0.2) is 0 Å². The van der Waals surface area contributed by atoms with E-state index in [1.165, 1.54) is 0 Å². The molecule has 4 heteroatoms. The second-order valence-corrected chi connectivity index (χ2v) is 7.02. The number of hydrogen-bond acceptors (Lipinski definition) is 2. The minimum absolute atomic E-state index is 0.0525. The fraction of sp³-hybridized carbons (Fsp3) is 0.500. The standard InChI is InChI=1S/C14H18BrNOS/c1-14(8-5-9-18-14)13(17)16-12(10-15)11-6-3-2-4-7-11/h2-4,6-7,12H,5,8-10H2,1H3,(H,16,17). The van der Waals surface area contributed by atoms with E-state index in [0.717, 1.165) is 29.5 Å². The SMILES string of the molecule is CC1(C(=O)NC(CBr)c2ccccc2)CCCS1. The fourth-order valence-corrected chi connectivity index (χ4v) is 3.92. The lowest BCUT2D eigenvalue weighted by Gasteiger charge is -2.25. The molecule has 2 unspecified atom stereocenters. The third-order valence-corrected chi connectivity index (χ3v) is 5.53. The quantitative estimate of drug-likeness (QED) is 0.857. The van der Waals surface area contributed by atoms with Crippen molar-refractivity contribution in [2.24, 2.45) is 0 Å². The van der Waals surface area contributed by atoms with Gasteiger partial charge >= 0.3 is 0 Å². The summed E-state index contributed by atoms with van der Waals surface area (Å²) >= 11 is 5.26. The average Bonchev–Trinajstić information content (AvgIpc) is 2.85. The number of amides is 1. The summed E-state index contributed by atoms with van der Waals surface area (Å²) in [5, 5.41) is 3.90. The summed E-state index contributed by atoms with van der Waals surface area (Å²) < 4.78 is -0.241. The first-order valence-corrected chi connectivity index (χ1v) is 8.32. The van der Waals surface area contributed by atoms with Crippen LogP contribution in [0.4, 0.5) is 0 Å². The number of benzene rings is 1. The highest BCUT2D eigenvalue weighted by Gasteiger charge is 2.37. The van der Waals surface area contributed by atoms with Crippen LogP contribution in [-0.4, -0.2) is 21.7 Å². The summed E-state index contributed by atoms with van der Waals surface area (Å²) in [6, 6.07) is 10.2. The number of rotatable bonds is 4. The van der Waals surface area contributed by atoms with E-state index in [4.69, 9.17) is 0 Å². The van der Waals surface area contributed by atoms with Crippen molar-refractivity contribution in [1.29, 1.82) is 0 Å². The molecule has 1 saturated heterocycles. The summed E-state index contributed by atoms with van der Waals surface area (Å²) in [6.07, 6.45) is 2.12. The molecule has 0 spiro atoms. The van der Waals surface area contributed by atoms with Gasteiger partial charge in [-0.3, -0.25) is 4.79 Å². The highest BCUT2D eigenvalue weighted by molar-refractivity contribution is 9.09. The van der Waals surface area contributed by atoms with Crippen molar-refractivity contribution in [3.8, 4) is 0 Å². The molecule has 2 nitrogen and oxygen atoms in total. The van der Waals surface area contributed by atoms with Gasteiger partial charge in [0.05, 0.1) is 10.8 Å². The van der Waals surface area contributed by atoms with Crippen molar-refractivity contribution in [2.75, 3.05) is 11.1 Å². The summed E-state index contributed by atoms with van der Waals surface area (Å²) in [5.41, 5.74) is 1.15. The van der Waals surface area contributed by atoms with Crippen LogP contribution in [0, 0.1) is 0 Å². The average molecular weight is 328 g/mol. The minimum atomic E-state index is -0.241. The van der Waals surface area contributed by atoms with Gasteiger partial charge in [0, 0.05) is 5.33 Å². The first-order valence-electron chi connectivity index (χ1n) is 6.21. The molecule has 1 fully saturated rings. The lowest BCUT2D eigenvalue weighted by atomic mass is 10.0. The third-order valence-electron chi connectivity index (χ3n) is 3.36. The number of halogens is 1. The van der Waals surface area contributed by atoms with Gasteiger partial charge in [0.1, 0.15) is 0 Å². The Kier molecular flexibility index (Phi) is 4.73. The van der Waals surface area contributed by atoms with Crippen LogP contribution in [0.15, 0.2) is 30.3 Å². The van der Waals surface area contributed by atoms with E-state index in [1.54, 1.807) is 11.8 Å². The fourth-order valence-electron chi connectivity index (χ4n) is 2.17. The third kappa shape index (κ3) is 3.09. The summed E-state index contributed by atoms with van der Waals surface area (Å²) in [4.78, 5) is 12.4. The molecule has 0 aliphatic carbocycles. The lowest BCUT2D eigenvalue weighted by Crippen LogP contribution is -2.42. The predicted molar refractivity (Wildman–Crippen MR) is 81.2 cm³/mol. The van der Waals surface area contributed by atoms with Crippen molar-refractivity contribution in [2.45, 2.75) is 30.6 Å². The van der Waals surface area contributed by atoms with Crippen LogP contribution in [-0.2, 0) is 4.79 Å². The second-order valence-electron chi connectivity index (χ2n) is 4.77. The highest BCUT2D eigenvalue weighted by atomic mass is 79.9. The van der Waals surface area contributed by atoms with Crippen molar-refractivity contribution in [3.63, 3.8) is 0 Å². The molecule has 0 bridgehead atoms. The van der Waals surface area contributed by atoms with E-state index in [2.05, 4.69) is 40.3 Å². The topological polar surface area (TPSA) is 29.1 Å². The van der Waals surface area contributed by atoms with Crippen LogP contribution in [0.3, 0.4) is 0 Å². The summed E-state index contributed by atoms with van der Waals surface area (Å²) in [7, 11) is 0. The molecule has 0 saturated carbocycles. The van der Waals surface area contributed by atoms with E-state index in [1.807, 2.05) is 18.2 Å². The van der Waals surface area contributed by atoms with Crippen molar-refractivity contribution in [3.05, 3.63) is 35.9 Å². The maximum atomic E-state index is 12.4. The molecular weight excluding hydrogens is 310 g/mol. The number of alkyl halides is 1. The molecule has 98 valence electrons. The smallest absolute Gasteiger partial charge is 0.236 e. The van der Waals surface area contributed by atoms with Gasteiger partial charge in [0.25, 0.3) is 0 Å². The van der Waals surface area contributed by atoms with E-state index >= 15 is 0 Å². The van der Waals surface area contributed by atoms with E-state index in [-0.39, 0.29) is 16.7 Å². The molecule has 1 aliphatic rings. The maximum absolute atomic E-state index is 12.4. The second kappa shape index (κ2) is 6.11. The highest BCUT2D eigenvalue weighted by Crippen LogP contribution is 2.38. The van der Waals surface area contributed by atoms with Crippen LogP contribution >= 0.6 is 27.7 Å². The zero-order chi connectivity index (χ0) is 13.0. The van der Waals surface area contributed by atoms with Gasteiger partial charge in [0.15, 0.2) is 0 Å². The molecule has 2 atom stereocenters. The normalized spacial score (nSPS) is 24.8. The number of carbonyl (C=O) groups is 1. The number of carbonyl (C=O) groups excluding carboxylic acids is 1. The molecule has 1 N–H and O–H groups in total.